The second-order valence-corrected chi connectivity index (χ2v) is 13.1. The number of unbranched alkanes of at least 4 members (excludes halogenated alkanes) is 1. The van der Waals surface area contributed by atoms with Crippen LogP contribution >= 0.6 is 17.9 Å². The van der Waals surface area contributed by atoms with Crippen LogP contribution in [-0.2, 0) is 0 Å². The van der Waals surface area contributed by atoms with Crippen molar-refractivity contribution in [3.63, 3.8) is 0 Å². The van der Waals surface area contributed by atoms with Crippen LogP contribution < -0.4 is 0 Å². The van der Waals surface area contributed by atoms with Gasteiger partial charge in [-0.3, -0.25) is 0 Å². The van der Waals surface area contributed by atoms with E-state index in [-0.39, 0.29) is 18.4 Å². The molecule has 0 atom stereocenters. The van der Waals surface area contributed by atoms with Gasteiger partial charge in [-0.2, -0.15) is 0 Å². The van der Waals surface area contributed by atoms with E-state index in [4.69, 9.17) is 5.11 Å². The summed E-state index contributed by atoms with van der Waals surface area (Å²) < 4.78 is 0. The molecule has 0 fully saturated rings. The van der Waals surface area contributed by atoms with E-state index < -0.39 is 0 Å². The average molecular weight is 285 g/mol. The normalized spacial score (nSPS) is 10.2. The second kappa shape index (κ2) is 10.5. The first-order valence-electron chi connectivity index (χ1n) is 3.51. The predicted octanol–water partition coefficient (Wildman–Crippen LogP) is 1.78. The Labute approximate surface area is 78.9 Å². The van der Waals surface area contributed by atoms with Crippen LogP contribution in [0, 0.1) is 0 Å². The SMILES string of the molecule is CCCC[S][Sn][S]CCO. The first-order valence-corrected chi connectivity index (χ1v) is 12.5. The minimum absolute atomic E-state index is 0.190. The van der Waals surface area contributed by atoms with E-state index in [1.165, 1.54) is 18.6 Å². The van der Waals surface area contributed by atoms with Crippen molar-refractivity contribution in [3.05, 3.63) is 0 Å². The summed E-state index contributed by atoms with van der Waals surface area (Å²) in [4.78, 5) is 0. The molecule has 0 saturated carbocycles. The summed E-state index contributed by atoms with van der Waals surface area (Å²) in [6.45, 7) is 2.59. The van der Waals surface area contributed by atoms with Gasteiger partial charge in [0.1, 0.15) is 0 Å². The molecule has 0 unspecified atom stereocenters. The molecule has 0 rings (SSSR count). The van der Waals surface area contributed by atoms with Crippen LogP contribution in [-0.4, -0.2) is 41.6 Å². The van der Waals surface area contributed by atoms with Crippen LogP contribution in [0.3, 0.4) is 0 Å². The molecular weight excluding hydrogens is 271 g/mol. The van der Waals surface area contributed by atoms with Gasteiger partial charge in [0.15, 0.2) is 0 Å². The monoisotopic (exact) mass is 286 g/mol. The summed E-state index contributed by atoms with van der Waals surface area (Å²) in [7, 11) is 4.13. The molecule has 1 N–H and O–H groups in total. The molecule has 0 aliphatic heterocycles. The Morgan fingerprint density at radius 1 is 1.30 bits per heavy atom. The summed E-state index contributed by atoms with van der Waals surface area (Å²) in [6, 6.07) is 0. The van der Waals surface area contributed by atoms with Crippen molar-refractivity contribution in [2.75, 3.05) is 18.1 Å². The second-order valence-electron chi connectivity index (χ2n) is 1.86. The van der Waals surface area contributed by atoms with E-state index in [0.717, 1.165) is 5.75 Å². The third-order valence-corrected chi connectivity index (χ3v) is 12.3. The Kier molecular flexibility index (Phi) is 12.0. The number of aliphatic hydroxyl groups excluding tert-OH is 1. The number of aliphatic hydroxyl groups is 1. The maximum atomic E-state index is 8.47. The third-order valence-electron chi connectivity index (χ3n) is 0.911. The molecule has 0 heterocycles. The van der Waals surface area contributed by atoms with E-state index in [2.05, 4.69) is 15.9 Å². The number of hydrogen-bond donors (Lipinski definition) is 1. The molecule has 4 heteroatoms. The molecule has 60 valence electrons. The van der Waals surface area contributed by atoms with Gasteiger partial charge in [0.25, 0.3) is 0 Å². The summed E-state index contributed by atoms with van der Waals surface area (Å²) in [6.07, 6.45) is 2.68. The molecule has 0 aromatic heterocycles. The molecule has 0 aromatic rings. The van der Waals surface area contributed by atoms with E-state index in [9.17, 15) is 0 Å². The zero-order chi connectivity index (χ0) is 7.66. The molecule has 0 bridgehead atoms. The van der Waals surface area contributed by atoms with Crippen molar-refractivity contribution in [3.8, 4) is 0 Å². The molecule has 0 amide bonds. The number of hydrogen-bond acceptors (Lipinski definition) is 3. The van der Waals surface area contributed by atoms with Crippen molar-refractivity contribution in [2.24, 2.45) is 0 Å². The van der Waals surface area contributed by atoms with Crippen LogP contribution in [0.15, 0.2) is 0 Å². The van der Waals surface area contributed by atoms with Gasteiger partial charge in [-0.15, -0.1) is 0 Å². The molecule has 1 nitrogen and oxygen atoms in total. The van der Waals surface area contributed by atoms with E-state index in [0.29, 0.717) is 6.61 Å². The Hall–Kier alpha value is 1.46. The van der Waals surface area contributed by atoms with Gasteiger partial charge in [0, 0.05) is 0 Å². The van der Waals surface area contributed by atoms with Crippen LogP contribution in [0.2, 0.25) is 0 Å². The molecule has 0 aliphatic carbocycles. The number of rotatable bonds is 7. The summed E-state index contributed by atoms with van der Waals surface area (Å²) in [5, 5.41) is 8.47. The van der Waals surface area contributed by atoms with Crippen LogP contribution in [0.4, 0.5) is 0 Å². The topological polar surface area (TPSA) is 20.2 Å². The predicted molar refractivity (Wildman–Crippen MR) is 52.7 cm³/mol. The van der Waals surface area contributed by atoms with Gasteiger partial charge in [0.05, 0.1) is 0 Å². The molecular formula is C6H14OS2Sn. The molecule has 0 saturated heterocycles. The van der Waals surface area contributed by atoms with Crippen LogP contribution in [0.25, 0.3) is 0 Å². The van der Waals surface area contributed by atoms with E-state index >= 15 is 0 Å². The third kappa shape index (κ3) is 9.46. The van der Waals surface area contributed by atoms with Gasteiger partial charge in [0.2, 0.25) is 0 Å². The van der Waals surface area contributed by atoms with Crippen molar-refractivity contribution >= 4 is 36.3 Å². The Morgan fingerprint density at radius 2 is 2.00 bits per heavy atom. The fourth-order valence-electron chi connectivity index (χ4n) is 0.387. The summed E-state index contributed by atoms with van der Waals surface area (Å²) in [5.41, 5.74) is 0. The van der Waals surface area contributed by atoms with E-state index in [1.807, 2.05) is 8.95 Å². The van der Waals surface area contributed by atoms with Crippen molar-refractivity contribution in [2.45, 2.75) is 19.8 Å². The Bertz CT molecular complexity index is 55.7. The fraction of sp³-hybridized carbons (Fsp3) is 1.00. The van der Waals surface area contributed by atoms with Crippen molar-refractivity contribution in [1.29, 1.82) is 0 Å². The fourth-order valence-corrected chi connectivity index (χ4v) is 10.4. The van der Waals surface area contributed by atoms with Gasteiger partial charge in [-0.25, -0.2) is 0 Å². The Balaban J connectivity index is 2.65. The Morgan fingerprint density at radius 3 is 2.60 bits per heavy atom. The van der Waals surface area contributed by atoms with Gasteiger partial charge in [-0.1, -0.05) is 0 Å². The molecule has 2 radical (unpaired) electrons. The van der Waals surface area contributed by atoms with Crippen LogP contribution in [0.5, 0.6) is 0 Å². The zero-order valence-electron chi connectivity index (χ0n) is 6.30. The first-order chi connectivity index (χ1) is 4.91. The molecule has 0 spiro atoms. The summed E-state index contributed by atoms with van der Waals surface area (Å²) in [5.74, 6) is 2.31. The van der Waals surface area contributed by atoms with Gasteiger partial charge >= 0.3 is 79.3 Å². The quantitative estimate of drug-likeness (QED) is 0.569. The molecule has 10 heavy (non-hydrogen) atoms. The minimum atomic E-state index is -0.190. The average Bonchev–Trinajstić information content (AvgIpc) is 1.97. The zero-order valence-corrected chi connectivity index (χ0v) is 10.8. The van der Waals surface area contributed by atoms with Gasteiger partial charge < -0.3 is 0 Å². The van der Waals surface area contributed by atoms with Crippen molar-refractivity contribution in [1.82, 2.24) is 0 Å². The molecule has 0 aliphatic rings. The summed E-state index contributed by atoms with van der Waals surface area (Å²) >= 11 is -0.190. The molecule has 0 aromatic carbocycles. The van der Waals surface area contributed by atoms with Crippen LogP contribution in [0.1, 0.15) is 19.8 Å². The van der Waals surface area contributed by atoms with E-state index in [1.54, 1.807) is 0 Å². The first kappa shape index (κ1) is 11.5. The van der Waals surface area contributed by atoms with Crippen molar-refractivity contribution < 1.29 is 5.11 Å². The standard InChI is InChI=1S/C4H10S.C2H6OS.Sn/c1-2-3-4-5;3-1-2-4;/h5H,2-4H2,1H3;3-4H,1-2H2;/q;;+2/p-2. The maximum absolute atomic E-state index is 8.47. The van der Waals surface area contributed by atoms with Gasteiger partial charge in [-0.05, 0) is 0 Å².